The number of carbonyl (C=O) groups excluding carboxylic acids is 3. The van der Waals surface area contributed by atoms with Gasteiger partial charge in [-0.15, -0.1) is 0 Å². The number of hydrogen-bond acceptors (Lipinski definition) is 4. The number of aryl methyl sites for hydroxylation is 1. The summed E-state index contributed by atoms with van der Waals surface area (Å²) in [4.78, 5) is 39.7. The van der Waals surface area contributed by atoms with Gasteiger partial charge in [0.25, 0.3) is 5.91 Å². The van der Waals surface area contributed by atoms with Gasteiger partial charge in [0.2, 0.25) is 5.91 Å². The number of anilines is 1. The predicted octanol–water partition coefficient (Wildman–Crippen LogP) is 0.485. The molecular formula is C19H25N2O4+. The average molecular weight is 345 g/mol. The maximum absolute atomic E-state index is 12.9. The van der Waals surface area contributed by atoms with Crippen LogP contribution in [0.4, 0.5) is 5.69 Å². The van der Waals surface area contributed by atoms with E-state index in [0.717, 1.165) is 29.8 Å². The molecule has 0 bridgehead atoms. The van der Waals surface area contributed by atoms with Crippen molar-refractivity contribution >= 4 is 23.5 Å². The Hall–Kier alpha value is -2.21. The highest BCUT2D eigenvalue weighted by Gasteiger charge is 2.47. The second-order valence-corrected chi connectivity index (χ2v) is 6.87. The molecule has 1 unspecified atom stereocenters. The van der Waals surface area contributed by atoms with E-state index in [1.807, 2.05) is 25.1 Å². The molecule has 2 heterocycles. The van der Waals surface area contributed by atoms with Crippen molar-refractivity contribution in [2.24, 2.45) is 5.92 Å². The van der Waals surface area contributed by atoms with Gasteiger partial charge in [0.05, 0.1) is 31.8 Å². The van der Waals surface area contributed by atoms with Crippen LogP contribution < -0.4 is 9.80 Å². The number of ether oxygens (including phenoxy) is 1. The number of imide groups is 1. The molecule has 2 aliphatic rings. The lowest BCUT2D eigenvalue weighted by Gasteiger charge is -2.31. The molecule has 1 aromatic carbocycles. The fourth-order valence-electron chi connectivity index (χ4n) is 3.86. The molecule has 0 radical (unpaired) electrons. The van der Waals surface area contributed by atoms with Gasteiger partial charge in [-0.2, -0.15) is 0 Å². The molecule has 0 spiro atoms. The Morgan fingerprint density at radius 2 is 2.16 bits per heavy atom. The number of likely N-dealkylation sites (tertiary alicyclic amines) is 1. The largest absolute Gasteiger partial charge is 0.466 e. The topological polar surface area (TPSA) is 68.1 Å². The Labute approximate surface area is 147 Å². The lowest BCUT2D eigenvalue weighted by atomic mass is 9.96. The summed E-state index contributed by atoms with van der Waals surface area (Å²) < 4.78 is 5.13. The number of quaternary nitrogens is 1. The summed E-state index contributed by atoms with van der Waals surface area (Å²) in [5.41, 5.74) is 1.64. The van der Waals surface area contributed by atoms with Crippen molar-refractivity contribution in [1.29, 1.82) is 0 Å². The first kappa shape index (κ1) is 17.6. The standard InChI is InChI=1S/C19H24N2O4/c1-3-25-19(24)14-7-5-9-20(12-14)16-11-17(22)21(18(16)23)15-8-4-6-13(2)10-15/h4,6,8,10,14,16H,3,5,7,9,11-12H2,1-2H3/p+1/t14-,16+/m0/s1. The Morgan fingerprint density at radius 1 is 1.36 bits per heavy atom. The number of carbonyl (C=O) groups is 3. The minimum atomic E-state index is -0.398. The molecule has 1 N–H and O–H groups in total. The normalized spacial score (nSPS) is 26.8. The molecule has 2 fully saturated rings. The van der Waals surface area contributed by atoms with Crippen LogP contribution in [0.1, 0.15) is 31.7 Å². The van der Waals surface area contributed by atoms with Gasteiger partial charge in [0.15, 0.2) is 6.04 Å². The SMILES string of the molecule is CCOC(=O)[C@H]1CCC[NH+]([C@@H]2CC(=O)N(c3cccc(C)c3)C2=O)C1. The summed E-state index contributed by atoms with van der Waals surface area (Å²) in [7, 11) is 0. The third kappa shape index (κ3) is 3.58. The number of rotatable bonds is 4. The van der Waals surface area contributed by atoms with E-state index in [9.17, 15) is 14.4 Å². The van der Waals surface area contributed by atoms with Crippen LogP contribution in [0.25, 0.3) is 0 Å². The van der Waals surface area contributed by atoms with Crippen molar-refractivity contribution in [3.05, 3.63) is 29.8 Å². The molecule has 25 heavy (non-hydrogen) atoms. The van der Waals surface area contributed by atoms with Crippen molar-refractivity contribution in [2.75, 3.05) is 24.6 Å². The van der Waals surface area contributed by atoms with Crippen LogP contribution in [0.5, 0.6) is 0 Å². The van der Waals surface area contributed by atoms with E-state index in [2.05, 4.69) is 0 Å². The first-order valence-electron chi connectivity index (χ1n) is 8.96. The summed E-state index contributed by atoms with van der Waals surface area (Å²) in [6, 6.07) is 7.03. The van der Waals surface area contributed by atoms with E-state index < -0.39 is 6.04 Å². The molecule has 3 rings (SSSR count). The van der Waals surface area contributed by atoms with Gasteiger partial charge >= 0.3 is 5.97 Å². The summed E-state index contributed by atoms with van der Waals surface area (Å²) in [6.45, 7) is 5.47. The highest BCUT2D eigenvalue weighted by molar-refractivity contribution is 6.21. The lowest BCUT2D eigenvalue weighted by molar-refractivity contribution is -0.922. The van der Waals surface area contributed by atoms with Crippen molar-refractivity contribution < 1.29 is 24.0 Å². The summed E-state index contributed by atoms with van der Waals surface area (Å²) in [5.74, 6) is -0.687. The molecule has 2 aliphatic heterocycles. The number of nitrogens with zero attached hydrogens (tertiary/aromatic N) is 1. The van der Waals surface area contributed by atoms with Gasteiger partial charge in [-0.25, -0.2) is 4.90 Å². The van der Waals surface area contributed by atoms with Crippen LogP contribution in [-0.4, -0.2) is 43.5 Å². The van der Waals surface area contributed by atoms with Gasteiger partial charge in [-0.05, 0) is 44.4 Å². The smallest absolute Gasteiger partial charge is 0.314 e. The van der Waals surface area contributed by atoms with Crippen molar-refractivity contribution in [3.63, 3.8) is 0 Å². The Morgan fingerprint density at radius 3 is 2.88 bits per heavy atom. The summed E-state index contributed by atoms with van der Waals surface area (Å²) >= 11 is 0. The Bertz CT molecular complexity index is 688. The van der Waals surface area contributed by atoms with Gasteiger partial charge in [-0.1, -0.05) is 12.1 Å². The quantitative estimate of drug-likeness (QED) is 0.637. The van der Waals surface area contributed by atoms with Crippen LogP contribution in [-0.2, 0) is 19.1 Å². The first-order valence-corrected chi connectivity index (χ1v) is 8.96. The minimum Gasteiger partial charge on any atom is -0.466 e. The van der Waals surface area contributed by atoms with Crippen molar-refractivity contribution in [3.8, 4) is 0 Å². The maximum Gasteiger partial charge on any atom is 0.314 e. The highest BCUT2D eigenvalue weighted by Crippen LogP contribution is 2.23. The van der Waals surface area contributed by atoms with Gasteiger partial charge < -0.3 is 9.64 Å². The third-order valence-corrected chi connectivity index (χ3v) is 5.08. The second-order valence-electron chi connectivity index (χ2n) is 6.87. The molecule has 2 saturated heterocycles. The second kappa shape index (κ2) is 7.35. The van der Waals surface area contributed by atoms with E-state index in [4.69, 9.17) is 4.74 Å². The molecule has 1 aromatic rings. The zero-order chi connectivity index (χ0) is 18.0. The van der Waals surface area contributed by atoms with Crippen molar-refractivity contribution in [2.45, 2.75) is 39.2 Å². The Balaban J connectivity index is 1.74. The van der Waals surface area contributed by atoms with E-state index in [1.54, 1.807) is 13.0 Å². The average Bonchev–Trinajstić information content (AvgIpc) is 2.90. The minimum absolute atomic E-state index is 0.157. The maximum atomic E-state index is 12.9. The number of esters is 1. The molecule has 134 valence electrons. The number of benzene rings is 1. The van der Waals surface area contributed by atoms with E-state index in [1.165, 1.54) is 4.90 Å². The van der Waals surface area contributed by atoms with E-state index >= 15 is 0 Å². The fourth-order valence-corrected chi connectivity index (χ4v) is 3.86. The molecular weight excluding hydrogens is 320 g/mol. The number of piperidine rings is 1. The van der Waals surface area contributed by atoms with Crippen LogP contribution in [0.2, 0.25) is 0 Å². The molecule has 3 atom stereocenters. The van der Waals surface area contributed by atoms with Gasteiger partial charge in [0, 0.05) is 0 Å². The van der Waals surface area contributed by atoms with Crippen molar-refractivity contribution in [1.82, 2.24) is 0 Å². The van der Waals surface area contributed by atoms with Gasteiger partial charge in [-0.3, -0.25) is 14.4 Å². The van der Waals surface area contributed by atoms with E-state index in [-0.39, 0.29) is 30.1 Å². The molecule has 0 saturated carbocycles. The van der Waals surface area contributed by atoms with Gasteiger partial charge in [0.1, 0.15) is 5.92 Å². The van der Waals surface area contributed by atoms with Crippen LogP contribution in [0.15, 0.2) is 24.3 Å². The monoisotopic (exact) mass is 345 g/mol. The molecule has 2 amide bonds. The van der Waals surface area contributed by atoms with E-state index in [0.29, 0.717) is 18.8 Å². The zero-order valence-electron chi connectivity index (χ0n) is 14.8. The molecule has 0 aliphatic carbocycles. The fraction of sp³-hybridized carbons (Fsp3) is 0.526. The predicted molar refractivity (Wildman–Crippen MR) is 92.1 cm³/mol. The first-order chi connectivity index (χ1) is 12.0. The highest BCUT2D eigenvalue weighted by atomic mass is 16.5. The summed E-state index contributed by atoms with van der Waals surface area (Å²) in [5, 5.41) is 0. The zero-order valence-corrected chi connectivity index (χ0v) is 14.8. The third-order valence-electron chi connectivity index (χ3n) is 5.08. The summed E-state index contributed by atoms with van der Waals surface area (Å²) in [6.07, 6.45) is 1.86. The number of hydrogen-bond donors (Lipinski definition) is 1. The van der Waals surface area contributed by atoms with Crippen LogP contribution >= 0.6 is 0 Å². The molecule has 0 aromatic heterocycles. The van der Waals surface area contributed by atoms with Crippen LogP contribution in [0.3, 0.4) is 0 Å². The van der Waals surface area contributed by atoms with Crippen LogP contribution in [0, 0.1) is 12.8 Å². The molecule has 6 heteroatoms. The lowest BCUT2D eigenvalue weighted by Crippen LogP contribution is -3.18. The number of amides is 2. The molecule has 6 nitrogen and oxygen atoms in total. The Kier molecular flexibility index (Phi) is 5.18. The number of nitrogens with one attached hydrogen (secondary N) is 1.